The Labute approximate surface area is 311 Å². The summed E-state index contributed by atoms with van der Waals surface area (Å²) in [4.78, 5) is 10.2. The van der Waals surface area contributed by atoms with E-state index in [-0.39, 0.29) is 6.17 Å². The first kappa shape index (κ1) is 30.4. The average Bonchev–Trinajstić information content (AvgIpc) is 3.76. The van der Waals surface area contributed by atoms with Crippen molar-refractivity contribution in [2.75, 3.05) is 0 Å². The van der Waals surface area contributed by atoms with Crippen LogP contribution in [0.3, 0.4) is 0 Å². The lowest BCUT2D eigenvalue weighted by Gasteiger charge is -2.24. The van der Waals surface area contributed by atoms with Gasteiger partial charge >= 0.3 is 0 Å². The first-order chi connectivity index (χ1) is 26.8. The first-order valence-corrected chi connectivity index (χ1v) is 18.4. The van der Waals surface area contributed by atoms with Gasteiger partial charge in [0, 0.05) is 49.4 Å². The molecule has 0 saturated heterocycles. The maximum Gasteiger partial charge on any atom is 0.159 e. The zero-order valence-electron chi connectivity index (χ0n) is 29.3. The molecule has 254 valence electrons. The van der Waals surface area contributed by atoms with Gasteiger partial charge in [-0.2, -0.15) is 0 Å². The molecule has 3 heterocycles. The summed E-state index contributed by atoms with van der Waals surface area (Å²) in [6.45, 7) is 0. The van der Waals surface area contributed by atoms with Crippen LogP contribution in [0.5, 0.6) is 0 Å². The van der Waals surface area contributed by atoms with Gasteiger partial charge in [-0.15, -0.1) is 0 Å². The zero-order chi connectivity index (χ0) is 35.6. The van der Waals surface area contributed by atoms with E-state index in [1.165, 1.54) is 43.4 Å². The normalized spacial score (nSPS) is 14.5. The molecule has 1 atom stereocenters. The Kier molecular flexibility index (Phi) is 6.85. The highest BCUT2D eigenvalue weighted by atomic mass is 15.2. The molecule has 8 aromatic carbocycles. The van der Waals surface area contributed by atoms with Crippen molar-refractivity contribution >= 4 is 66.1 Å². The number of para-hydroxylation sites is 2. The molecule has 54 heavy (non-hydrogen) atoms. The van der Waals surface area contributed by atoms with Crippen LogP contribution in [0.2, 0.25) is 0 Å². The second-order valence-corrected chi connectivity index (χ2v) is 13.9. The van der Waals surface area contributed by atoms with Crippen LogP contribution in [0.25, 0.3) is 65.8 Å². The van der Waals surface area contributed by atoms with Gasteiger partial charge in [-0.1, -0.05) is 146 Å². The average molecular weight is 692 g/mol. The molecule has 1 aliphatic rings. The van der Waals surface area contributed by atoms with Gasteiger partial charge in [0.25, 0.3) is 0 Å². The van der Waals surface area contributed by atoms with E-state index < -0.39 is 0 Å². The fraction of sp³-hybridized carbons (Fsp3) is 0.0204. The maximum atomic E-state index is 5.12. The van der Waals surface area contributed by atoms with E-state index >= 15 is 0 Å². The number of aromatic nitrogens is 2. The standard InChI is InChI=1S/C49H33N5/c1-4-16-33(17-5-1)47-50-48(34-18-6-2-7-19-34)52-49(51-47)35-20-14-23-37(29-35)53-43-26-13-12-25-39(43)41-30-42-40-28-27-32-15-10-11-24-38(32)46(40)54(45(42)31-44(41)53)36-21-8-3-9-22-36/h1-31,47H,(H,50,51,52). The van der Waals surface area contributed by atoms with Crippen molar-refractivity contribution in [1.82, 2.24) is 14.5 Å². The Morgan fingerprint density at radius 1 is 0.426 bits per heavy atom. The molecule has 1 aliphatic heterocycles. The van der Waals surface area contributed by atoms with E-state index in [9.17, 15) is 0 Å². The van der Waals surface area contributed by atoms with Crippen LogP contribution in [0.15, 0.2) is 198 Å². The summed E-state index contributed by atoms with van der Waals surface area (Å²) in [5, 5.41) is 11.1. The van der Waals surface area contributed by atoms with E-state index in [0.29, 0.717) is 5.84 Å². The van der Waals surface area contributed by atoms with Gasteiger partial charge in [-0.25, -0.2) is 9.98 Å². The molecule has 1 unspecified atom stereocenters. The number of rotatable bonds is 5. The van der Waals surface area contributed by atoms with E-state index in [2.05, 4.69) is 178 Å². The van der Waals surface area contributed by atoms with E-state index in [0.717, 1.165) is 44.9 Å². The minimum absolute atomic E-state index is 0.268. The van der Waals surface area contributed by atoms with Crippen molar-refractivity contribution in [3.05, 3.63) is 205 Å². The van der Waals surface area contributed by atoms with Crippen molar-refractivity contribution in [1.29, 1.82) is 0 Å². The van der Waals surface area contributed by atoms with Gasteiger partial charge in [-0.05, 0) is 53.4 Å². The molecule has 1 N–H and O–H groups in total. The van der Waals surface area contributed by atoms with Crippen LogP contribution in [-0.4, -0.2) is 20.8 Å². The number of nitrogens with one attached hydrogen (secondary N) is 1. The third-order valence-corrected chi connectivity index (χ3v) is 10.7. The van der Waals surface area contributed by atoms with E-state index in [4.69, 9.17) is 9.98 Å². The largest absolute Gasteiger partial charge is 0.344 e. The number of fused-ring (bicyclic) bond motifs is 8. The second kappa shape index (κ2) is 12.2. The minimum Gasteiger partial charge on any atom is -0.344 e. The zero-order valence-corrected chi connectivity index (χ0v) is 29.3. The van der Waals surface area contributed by atoms with Crippen molar-refractivity contribution in [2.45, 2.75) is 6.17 Å². The second-order valence-electron chi connectivity index (χ2n) is 13.9. The van der Waals surface area contributed by atoms with Crippen LogP contribution in [0.1, 0.15) is 22.9 Å². The molecule has 0 amide bonds. The Hall–Kier alpha value is -7.24. The highest BCUT2D eigenvalue weighted by molar-refractivity contribution is 6.23. The van der Waals surface area contributed by atoms with Crippen molar-refractivity contribution in [3.63, 3.8) is 0 Å². The lowest BCUT2D eigenvalue weighted by atomic mass is 10.0. The molecular weight excluding hydrogens is 659 g/mol. The number of hydrogen-bond acceptors (Lipinski definition) is 3. The predicted octanol–water partition coefficient (Wildman–Crippen LogP) is 11.5. The molecule has 0 fully saturated rings. The molecule has 11 rings (SSSR count). The molecule has 0 bridgehead atoms. The summed E-state index contributed by atoms with van der Waals surface area (Å²) in [5.41, 5.74) is 9.98. The molecule has 0 spiro atoms. The van der Waals surface area contributed by atoms with Crippen molar-refractivity contribution in [2.24, 2.45) is 9.98 Å². The minimum atomic E-state index is -0.268. The third kappa shape index (κ3) is 4.79. The summed E-state index contributed by atoms with van der Waals surface area (Å²) < 4.78 is 4.85. The number of aliphatic imine (C=N–C) groups is 2. The Bertz CT molecular complexity index is 3120. The van der Waals surface area contributed by atoms with Crippen LogP contribution in [0.4, 0.5) is 0 Å². The summed E-state index contributed by atoms with van der Waals surface area (Å²) in [5.74, 6) is 1.50. The van der Waals surface area contributed by atoms with Gasteiger partial charge in [0.2, 0.25) is 0 Å². The Balaban J connectivity index is 1.15. The first-order valence-electron chi connectivity index (χ1n) is 18.4. The molecule has 5 nitrogen and oxygen atoms in total. The quantitative estimate of drug-likeness (QED) is 0.192. The fourth-order valence-corrected chi connectivity index (χ4v) is 8.27. The molecule has 2 aromatic heterocycles. The molecule has 0 radical (unpaired) electrons. The number of amidine groups is 2. The summed E-state index contributed by atoms with van der Waals surface area (Å²) >= 11 is 0. The van der Waals surface area contributed by atoms with Crippen LogP contribution < -0.4 is 5.32 Å². The number of nitrogens with zero attached hydrogens (tertiary/aromatic N) is 4. The van der Waals surface area contributed by atoms with Crippen LogP contribution >= 0.6 is 0 Å². The third-order valence-electron chi connectivity index (χ3n) is 10.7. The number of hydrogen-bond donors (Lipinski definition) is 1. The van der Waals surface area contributed by atoms with Crippen LogP contribution in [0, 0.1) is 0 Å². The SMILES string of the molecule is c1ccc(C2=NC(c3ccccc3)NC(c3cccc(-n4c5ccccc5c5cc6c7ccc8ccccc8c7n(-c7ccccc7)c6cc54)c3)=N2)cc1. The van der Waals surface area contributed by atoms with Gasteiger partial charge in [0.15, 0.2) is 5.84 Å². The molecular formula is C49H33N5. The van der Waals surface area contributed by atoms with Gasteiger partial charge < -0.3 is 14.5 Å². The van der Waals surface area contributed by atoms with E-state index in [1.807, 2.05) is 24.3 Å². The lowest BCUT2D eigenvalue weighted by Crippen LogP contribution is -2.33. The predicted molar refractivity (Wildman–Crippen MR) is 224 cm³/mol. The van der Waals surface area contributed by atoms with Gasteiger partial charge in [-0.3, -0.25) is 0 Å². The number of benzene rings is 8. The summed E-state index contributed by atoms with van der Waals surface area (Å²) in [7, 11) is 0. The Morgan fingerprint density at radius 3 is 1.91 bits per heavy atom. The smallest absolute Gasteiger partial charge is 0.159 e. The van der Waals surface area contributed by atoms with Crippen LogP contribution in [-0.2, 0) is 0 Å². The Morgan fingerprint density at radius 2 is 1.07 bits per heavy atom. The molecule has 0 aliphatic carbocycles. The van der Waals surface area contributed by atoms with Crippen molar-refractivity contribution in [3.8, 4) is 11.4 Å². The molecule has 10 aromatic rings. The summed E-state index contributed by atoms with van der Waals surface area (Å²) in [6, 6.07) is 66.8. The highest BCUT2D eigenvalue weighted by Gasteiger charge is 2.23. The summed E-state index contributed by atoms with van der Waals surface area (Å²) in [6.07, 6.45) is -0.268. The molecule has 0 saturated carbocycles. The highest BCUT2D eigenvalue weighted by Crippen LogP contribution is 2.41. The van der Waals surface area contributed by atoms with Gasteiger partial charge in [0.05, 0.1) is 22.1 Å². The monoisotopic (exact) mass is 691 g/mol. The molecule has 5 heteroatoms. The fourth-order valence-electron chi connectivity index (χ4n) is 8.27. The maximum absolute atomic E-state index is 5.12. The van der Waals surface area contributed by atoms with Crippen molar-refractivity contribution < 1.29 is 0 Å². The van der Waals surface area contributed by atoms with E-state index in [1.54, 1.807) is 0 Å². The topological polar surface area (TPSA) is 46.6 Å². The van der Waals surface area contributed by atoms with Gasteiger partial charge in [0.1, 0.15) is 12.0 Å². The lowest BCUT2D eigenvalue weighted by molar-refractivity contribution is 0.674.